The molecule has 4 aliphatic rings. The van der Waals surface area contributed by atoms with Crippen molar-refractivity contribution in [3.63, 3.8) is 0 Å². The Kier molecular flexibility index (Phi) is 5.77. The number of likely N-dealkylation sites (tertiary alicyclic amines) is 1. The van der Waals surface area contributed by atoms with Crippen molar-refractivity contribution in [1.29, 1.82) is 0 Å². The summed E-state index contributed by atoms with van der Waals surface area (Å²) in [6, 6.07) is 31.9. The zero-order valence-electron chi connectivity index (χ0n) is 22.0. The molecule has 198 valence electrons. The van der Waals surface area contributed by atoms with Crippen molar-refractivity contribution >= 4 is 23.4 Å². The molecular weight excluding hydrogens is 500 g/mol. The standard InChI is InChI=1S/C34H28N2O4/c1-40-27-18-10-9-17-25(27)35-32(37)26(19-20-11-3-2-4-12-20)36-33(38)30-28-21-13-5-6-14-22(21)29(31(30)34(36)39)24-16-8-7-15-23(24)28/h2-18,26,28-31H,19H2,1H3,(H,35,37)/t26-,28?,29?,30+,31+/m0/s1. The molecule has 1 N–H and O–H groups in total. The van der Waals surface area contributed by atoms with Gasteiger partial charge in [-0.25, -0.2) is 0 Å². The molecule has 0 radical (unpaired) electrons. The van der Waals surface area contributed by atoms with E-state index < -0.39 is 23.8 Å². The van der Waals surface area contributed by atoms with Crippen LogP contribution >= 0.6 is 0 Å². The van der Waals surface area contributed by atoms with Gasteiger partial charge in [0.25, 0.3) is 0 Å². The Balaban J connectivity index is 1.31. The molecule has 0 unspecified atom stereocenters. The highest BCUT2D eigenvalue weighted by atomic mass is 16.5. The lowest BCUT2D eigenvalue weighted by molar-refractivity contribution is -0.146. The number of rotatable bonds is 6. The van der Waals surface area contributed by atoms with Crippen molar-refractivity contribution in [3.8, 4) is 5.75 Å². The van der Waals surface area contributed by atoms with E-state index in [4.69, 9.17) is 4.74 Å². The van der Waals surface area contributed by atoms with Crippen LogP contribution in [0, 0.1) is 11.8 Å². The van der Waals surface area contributed by atoms with Crippen LogP contribution in [0.5, 0.6) is 5.75 Å². The lowest BCUT2D eigenvalue weighted by Gasteiger charge is -2.45. The van der Waals surface area contributed by atoms with E-state index in [1.165, 1.54) is 12.0 Å². The normalized spacial score (nSPS) is 22.8. The summed E-state index contributed by atoms with van der Waals surface area (Å²) in [5, 5.41) is 2.94. The molecule has 1 fully saturated rings. The molecular formula is C34H28N2O4. The molecule has 1 aliphatic heterocycles. The second kappa shape index (κ2) is 9.49. The molecule has 1 saturated heterocycles. The van der Waals surface area contributed by atoms with E-state index in [-0.39, 0.29) is 30.1 Å². The van der Waals surface area contributed by atoms with Gasteiger partial charge >= 0.3 is 0 Å². The fourth-order valence-corrected chi connectivity index (χ4v) is 7.11. The Morgan fingerprint density at radius 3 is 1.73 bits per heavy atom. The van der Waals surface area contributed by atoms with Crippen molar-refractivity contribution in [3.05, 3.63) is 131 Å². The number of imide groups is 1. The summed E-state index contributed by atoms with van der Waals surface area (Å²) in [5.41, 5.74) is 5.78. The van der Waals surface area contributed by atoms with E-state index in [1.54, 1.807) is 18.2 Å². The minimum absolute atomic E-state index is 0.216. The molecule has 40 heavy (non-hydrogen) atoms. The second-order valence-corrected chi connectivity index (χ2v) is 10.7. The molecule has 0 aromatic heterocycles. The van der Waals surface area contributed by atoms with Gasteiger partial charge in [-0.15, -0.1) is 0 Å². The first kappa shape index (κ1) is 24.3. The first-order valence-electron chi connectivity index (χ1n) is 13.6. The molecule has 1 heterocycles. The number of hydrogen-bond acceptors (Lipinski definition) is 4. The van der Waals surface area contributed by atoms with Gasteiger partial charge in [-0.1, -0.05) is 91.0 Å². The van der Waals surface area contributed by atoms with Gasteiger partial charge in [0.15, 0.2) is 0 Å². The van der Waals surface area contributed by atoms with Gasteiger partial charge in [0.05, 0.1) is 24.6 Å². The molecule has 6 heteroatoms. The van der Waals surface area contributed by atoms with Crippen molar-refractivity contribution < 1.29 is 19.1 Å². The van der Waals surface area contributed by atoms with Gasteiger partial charge in [-0.3, -0.25) is 19.3 Å². The third kappa shape index (κ3) is 3.59. The SMILES string of the molecule is COc1ccccc1NC(=O)[C@H](Cc1ccccc1)N1C(=O)[C@@H]2C3c4ccccc4C(c4ccccc43)[C@H]2C1=O. The van der Waals surface area contributed by atoms with Crippen LogP contribution in [0.15, 0.2) is 103 Å². The number of carbonyl (C=O) groups excluding carboxylic acids is 3. The van der Waals surface area contributed by atoms with E-state index in [1.807, 2.05) is 60.7 Å². The van der Waals surface area contributed by atoms with Gasteiger partial charge in [0.1, 0.15) is 11.8 Å². The van der Waals surface area contributed by atoms with Crippen LogP contribution in [0.25, 0.3) is 0 Å². The fourth-order valence-electron chi connectivity index (χ4n) is 7.11. The Morgan fingerprint density at radius 2 is 1.20 bits per heavy atom. The molecule has 4 aromatic rings. The van der Waals surface area contributed by atoms with E-state index in [9.17, 15) is 14.4 Å². The van der Waals surface area contributed by atoms with E-state index >= 15 is 0 Å². The van der Waals surface area contributed by atoms with E-state index in [0.29, 0.717) is 11.4 Å². The third-order valence-corrected chi connectivity index (χ3v) is 8.73. The maximum atomic E-state index is 14.4. The van der Waals surface area contributed by atoms with Crippen LogP contribution in [0.1, 0.15) is 39.7 Å². The monoisotopic (exact) mass is 528 g/mol. The quantitative estimate of drug-likeness (QED) is 0.352. The zero-order valence-corrected chi connectivity index (χ0v) is 22.0. The molecule has 0 spiro atoms. The molecule has 2 bridgehead atoms. The minimum atomic E-state index is -1.01. The largest absolute Gasteiger partial charge is 0.495 e. The Labute approximate surface area is 232 Å². The number of nitrogens with zero attached hydrogens (tertiary/aromatic N) is 1. The fraction of sp³-hybridized carbons (Fsp3) is 0.206. The average Bonchev–Trinajstić information content (AvgIpc) is 3.26. The van der Waals surface area contributed by atoms with Crippen LogP contribution in [0.2, 0.25) is 0 Å². The molecule has 8 rings (SSSR count). The highest BCUT2D eigenvalue weighted by Crippen LogP contribution is 2.61. The van der Waals surface area contributed by atoms with Crippen molar-refractivity contribution in [2.75, 3.05) is 12.4 Å². The lowest BCUT2D eigenvalue weighted by Crippen LogP contribution is -2.49. The number of carbonyl (C=O) groups is 3. The van der Waals surface area contributed by atoms with Gasteiger partial charge < -0.3 is 10.1 Å². The number of para-hydroxylation sites is 2. The summed E-state index contributed by atoms with van der Waals surface area (Å²) in [4.78, 5) is 44.0. The zero-order chi connectivity index (χ0) is 27.4. The van der Waals surface area contributed by atoms with Crippen molar-refractivity contribution in [2.45, 2.75) is 24.3 Å². The van der Waals surface area contributed by atoms with E-state index in [2.05, 4.69) is 29.6 Å². The summed E-state index contributed by atoms with van der Waals surface area (Å²) in [5.74, 6) is -1.99. The summed E-state index contributed by atoms with van der Waals surface area (Å²) in [6.45, 7) is 0. The number of hydrogen-bond donors (Lipinski definition) is 1. The second-order valence-electron chi connectivity index (χ2n) is 10.7. The number of anilines is 1. The summed E-state index contributed by atoms with van der Waals surface area (Å²) >= 11 is 0. The maximum Gasteiger partial charge on any atom is 0.248 e. The van der Waals surface area contributed by atoms with Crippen LogP contribution in [0.3, 0.4) is 0 Å². The maximum absolute atomic E-state index is 14.4. The molecule has 3 atom stereocenters. The highest BCUT2D eigenvalue weighted by molar-refractivity contribution is 6.12. The van der Waals surface area contributed by atoms with Gasteiger partial charge in [0, 0.05) is 18.3 Å². The number of benzene rings is 4. The Bertz CT molecular complexity index is 1530. The molecule has 6 nitrogen and oxygen atoms in total. The van der Waals surface area contributed by atoms with Crippen LogP contribution < -0.4 is 10.1 Å². The summed E-state index contributed by atoms with van der Waals surface area (Å²) in [7, 11) is 1.54. The predicted molar refractivity (Wildman–Crippen MR) is 151 cm³/mol. The first-order chi connectivity index (χ1) is 19.6. The number of amides is 3. The summed E-state index contributed by atoms with van der Waals surface area (Å²) < 4.78 is 5.43. The van der Waals surface area contributed by atoms with Gasteiger partial charge in [-0.05, 0) is 39.9 Å². The molecule has 4 aromatic carbocycles. The van der Waals surface area contributed by atoms with Crippen molar-refractivity contribution in [2.24, 2.45) is 11.8 Å². The average molecular weight is 529 g/mol. The lowest BCUT2D eigenvalue weighted by atomic mass is 9.55. The summed E-state index contributed by atoms with van der Waals surface area (Å²) in [6.07, 6.45) is 0.216. The third-order valence-electron chi connectivity index (χ3n) is 8.73. The van der Waals surface area contributed by atoms with Crippen LogP contribution in [-0.4, -0.2) is 35.8 Å². The number of nitrogens with one attached hydrogen (secondary N) is 1. The topological polar surface area (TPSA) is 75.7 Å². The smallest absolute Gasteiger partial charge is 0.248 e. The van der Waals surface area contributed by atoms with E-state index in [0.717, 1.165) is 27.8 Å². The van der Waals surface area contributed by atoms with Crippen LogP contribution in [-0.2, 0) is 20.8 Å². The van der Waals surface area contributed by atoms with Crippen molar-refractivity contribution in [1.82, 2.24) is 4.90 Å². The van der Waals surface area contributed by atoms with Crippen LogP contribution in [0.4, 0.5) is 5.69 Å². The first-order valence-corrected chi connectivity index (χ1v) is 13.6. The Morgan fingerprint density at radius 1 is 0.725 bits per heavy atom. The highest BCUT2D eigenvalue weighted by Gasteiger charge is 2.63. The molecule has 3 amide bonds. The predicted octanol–water partition coefficient (Wildman–Crippen LogP) is 5.14. The van der Waals surface area contributed by atoms with Gasteiger partial charge in [-0.2, -0.15) is 0 Å². The van der Waals surface area contributed by atoms with Gasteiger partial charge in [0.2, 0.25) is 17.7 Å². The number of ether oxygens (including phenoxy) is 1. The Hall–Kier alpha value is -4.71. The number of methoxy groups -OCH3 is 1. The molecule has 3 aliphatic carbocycles. The minimum Gasteiger partial charge on any atom is -0.495 e. The molecule has 0 saturated carbocycles.